The predicted molar refractivity (Wildman–Crippen MR) is 78.5 cm³/mol. The van der Waals surface area contributed by atoms with E-state index >= 15 is 0 Å². The molecule has 0 saturated carbocycles. The SMILES string of the molecule is O=C(COC(=O)c1cc2ccccc2o1)NC[C@H]1CCCO1. The van der Waals surface area contributed by atoms with Crippen LogP contribution in [0.3, 0.4) is 0 Å². The lowest BCUT2D eigenvalue weighted by molar-refractivity contribution is -0.124. The zero-order valence-electron chi connectivity index (χ0n) is 12.0. The standard InChI is InChI=1S/C16H17NO5/c18-15(17-9-12-5-3-7-20-12)10-21-16(19)14-8-11-4-1-2-6-13(11)22-14/h1-2,4,6,8,12H,3,5,7,9-10H2,(H,17,18)/t12-/m1/s1. The highest BCUT2D eigenvalue weighted by Gasteiger charge is 2.18. The molecule has 116 valence electrons. The van der Waals surface area contributed by atoms with Crippen molar-refractivity contribution in [2.24, 2.45) is 0 Å². The van der Waals surface area contributed by atoms with E-state index in [0.29, 0.717) is 12.1 Å². The average molecular weight is 303 g/mol. The van der Waals surface area contributed by atoms with Crippen molar-refractivity contribution in [1.29, 1.82) is 0 Å². The first-order chi connectivity index (χ1) is 10.7. The first-order valence-electron chi connectivity index (χ1n) is 7.26. The van der Waals surface area contributed by atoms with Crippen molar-refractivity contribution in [2.45, 2.75) is 18.9 Å². The van der Waals surface area contributed by atoms with Crippen molar-refractivity contribution < 1.29 is 23.5 Å². The molecular weight excluding hydrogens is 286 g/mol. The largest absolute Gasteiger partial charge is 0.450 e. The van der Waals surface area contributed by atoms with Crippen LogP contribution >= 0.6 is 0 Å². The Morgan fingerprint density at radius 2 is 2.18 bits per heavy atom. The van der Waals surface area contributed by atoms with Gasteiger partial charge in [-0.1, -0.05) is 18.2 Å². The fourth-order valence-corrected chi connectivity index (χ4v) is 2.37. The molecule has 1 aromatic carbocycles. The van der Waals surface area contributed by atoms with Gasteiger partial charge in [-0.15, -0.1) is 0 Å². The number of furan rings is 1. The summed E-state index contributed by atoms with van der Waals surface area (Å²) < 4.78 is 15.7. The van der Waals surface area contributed by atoms with E-state index < -0.39 is 5.97 Å². The molecule has 22 heavy (non-hydrogen) atoms. The molecule has 1 amide bonds. The van der Waals surface area contributed by atoms with Gasteiger partial charge in [0.1, 0.15) is 5.58 Å². The number of esters is 1. The fraction of sp³-hybridized carbons (Fsp3) is 0.375. The lowest BCUT2D eigenvalue weighted by Crippen LogP contribution is -2.34. The lowest BCUT2D eigenvalue weighted by Gasteiger charge is -2.10. The number of amides is 1. The Bertz CT molecular complexity index is 639. The normalized spacial score (nSPS) is 17.5. The molecule has 0 unspecified atom stereocenters. The van der Waals surface area contributed by atoms with Crippen LogP contribution < -0.4 is 5.32 Å². The topological polar surface area (TPSA) is 77.8 Å². The van der Waals surface area contributed by atoms with Crippen molar-refractivity contribution in [2.75, 3.05) is 19.8 Å². The molecule has 2 aromatic rings. The smallest absolute Gasteiger partial charge is 0.374 e. The fourth-order valence-electron chi connectivity index (χ4n) is 2.37. The maximum atomic E-state index is 11.9. The summed E-state index contributed by atoms with van der Waals surface area (Å²) in [5.41, 5.74) is 0.609. The molecule has 1 atom stereocenters. The van der Waals surface area contributed by atoms with Gasteiger partial charge < -0.3 is 19.2 Å². The highest BCUT2D eigenvalue weighted by atomic mass is 16.5. The molecule has 0 radical (unpaired) electrons. The van der Waals surface area contributed by atoms with Gasteiger partial charge in [0.05, 0.1) is 6.10 Å². The van der Waals surface area contributed by atoms with E-state index in [0.717, 1.165) is 24.8 Å². The summed E-state index contributed by atoms with van der Waals surface area (Å²) in [6, 6.07) is 8.87. The van der Waals surface area contributed by atoms with Crippen molar-refractivity contribution >= 4 is 22.8 Å². The third kappa shape index (κ3) is 3.46. The summed E-state index contributed by atoms with van der Waals surface area (Å²) in [6.45, 7) is 0.852. The van der Waals surface area contributed by atoms with Crippen molar-refractivity contribution in [3.05, 3.63) is 36.1 Å². The quantitative estimate of drug-likeness (QED) is 0.853. The minimum Gasteiger partial charge on any atom is -0.450 e. The second kappa shape index (κ2) is 6.62. The Hall–Kier alpha value is -2.34. The zero-order chi connectivity index (χ0) is 15.4. The van der Waals surface area contributed by atoms with Crippen LogP contribution in [-0.2, 0) is 14.3 Å². The third-order valence-electron chi connectivity index (χ3n) is 3.51. The third-order valence-corrected chi connectivity index (χ3v) is 3.51. The molecule has 0 bridgehead atoms. The Balaban J connectivity index is 1.47. The van der Waals surface area contributed by atoms with Crippen LogP contribution in [0, 0.1) is 0 Å². The van der Waals surface area contributed by atoms with Gasteiger partial charge in [0, 0.05) is 18.5 Å². The molecular formula is C16H17NO5. The number of hydrogen-bond acceptors (Lipinski definition) is 5. The summed E-state index contributed by atoms with van der Waals surface area (Å²) in [7, 11) is 0. The predicted octanol–water partition coefficient (Wildman–Crippen LogP) is 1.88. The molecule has 0 spiro atoms. The molecule has 1 aliphatic rings. The first-order valence-corrected chi connectivity index (χ1v) is 7.26. The highest BCUT2D eigenvalue weighted by molar-refractivity contribution is 5.93. The van der Waals surface area contributed by atoms with Gasteiger partial charge in [0.2, 0.25) is 5.76 Å². The maximum absolute atomic E-state index is 11.9. The van der Waals surface area contributed by atoms with E-state index in [1.54, 1.807) is 12.1 Å². The Morgan fingerprint density at radius 1 is 1.32 bits per heavy atom. The molecule has 6 heteroatoms. The van der Waals surface area contributed by atoms with Gasteiger partial charge >= 0.3 is 5.97 Å². The molecule has 1 fully saturated rings. The Kier molecular flexibility index (Phi) is 4.39. The molecule has 0 aliphatic carbocycles. The van der Waals surface area contributed by atoms with E-state index in [1.807, 2.05) is 18.2 Å². The van der Waals surface area contributed by atoms with Gasteiger partial charge in [-0.25, -0.2) is 4.79 Å². The molecule has 1 saturated heterocycles. The summed E-state index contributed by atoms with van der Waals surface area (Å²) >= 11 is 0. The molecule has 6 nitrogen and oxygen atoms in total. The molecule has 2 heterocycles. The van der Waals surface area contributed by atoms with Gasteiger partial charge in [-0.2, -0.15) is 0 Å². The second-order valence-corrected chi connectivity index (χ2v) is 5.16. The van der Waals surface area contributed by atoms with Crippen LogP contribution in [0.1, 0.15) is 23.4 Å². The van der Waals surface area contributed by atoms with Crippen LogP contribution in [0.5, 0.6) is 0 Å². The van der Waals surface area contributed by atoms with Gasteiger partial charge in [-0.3, -0.25) is 4.79 Å². The number of fused-ring (bicyclic) bond motifs is 1. The first kappa shape index (κ1) is 14.6. The van der Waals surface area contributed by atoms with E-state index in [1.165, 1.54) is 0 Å². The van der Waals surface area contributed by atoms with E-state index in [4.69, 9.17) is 13.9 Å². The Morgan fingerprint density at radius 3 is 2.95 bits per heavy atom. The Labute approximate surface area is 127 Å². The van der Waals surface area contributed by atoms with Gasteiger partial charge in [0.15, 0.2) is 6.61 Å². The monoisotopic (exact) mass is 303 g/mol. The van der Waals surface area contributed by atoms with Gasteiger partial charge in [0.25, 0.3) is 5.91 Å². The summed E-state index contributed by atoms with van der Waals surface area (Å²) in [6.07, 6.45) is 2.02. The van der Waals surface area contributed by atoms with Crippen LogP contribution in [0.15, 0.2) is 34.7 Å². The van der Waals surface area contributed by atoms with Crippen molar-refractivity contribution in [1.82, 2.24) is 5.32 Å². The van der Waals surface area contributed by atoms with Crippen LogP contribution in [0.4, 0.5) is 0 Å². The maximum Gasteiger partial charge on any atom is 0.374 e. The summed E-state index contributed by atoms with van der Waals surface area (Å²) in [5, 5.41) is 3.50. The van der Waals surface area contributed by atoms with Crippen molar-refractivity contribution in [3.8, 4) is 0 Å². The average Bonchev–Trinajstić information content (AvgIpc) is 3.19. The van der Waals surface area contributed by atoms with Crippen LogP contribution in [0.25, 0.3) is 11.0 Å². The highest BCUT2D eigenvalue weighted by Crippen LogP contribution is 2.19. The number of hydrogen-bond donors (Lipinski definition) is 1. The number of carbonyl (C=O) groups excluding carboxylic acids is 2. The molecule has 1 aromatic heterocycles. The number of ether oxygens (including phenoxy) is 2. The minimum atomic E-state index is -0.650. The molecule has 1 N–H and O–H groups in total. The van der Waals surface area contributed by atoms with Gasteiger partial charge in [-0.05, 0) is 25.0 Å². The van der Waals surface area contributed by atoms with Crippen molar-refractivity contribution in [3.63, 3.8) is 0 Å². The number of nitrogens with one attached hydrogen (secondary N) is 1. The van der Waals surface area contributed by atoms with Crippen LogP contribution in [-0.4, -0.2) is 37.7 Å². The van der Waals surface area contributed by atoms with E-state index in [2.05, 4.69) is 5.32 Å². The number of benzene rings is 1. The minimum absolute atomic E-state index is 0.0648. The second-order valence-electron chi connectivity index (χ2n) is 5.16. The van der Waals surface area contributed by atoms with Crippen LogP contribution in [0.2, 0.25) is 0 Å². The number of para-hydroxylation sites is 1. The summed E-state index contributed by atoms with van der Waals surface area (Å²) in [4.78, 5) is 23.5. The molecule has 1 aliphatic heterocycles. The van der Waals surface area contributed by atoms with E-state index in [-0.39, 0.29) is 24.4 Å². The van der Waals surface area contributed by atoms with E-state index in [9.17, 15) is 9.59 Å². The lowest BCUT2D eigenvalue weighted by atomic mass is 10.2. The molecule has 3 rings (SSSR count). The number of rotatable bonds is 5. The summed E-state index contributed by atoms with van der Waals surface area (Å²) in [5.74, 6) is -0.906. The zero-order valence-corrected chi connectivity index (χ0v) is 12.0. The number of carbonyl (C=O) groups is 2.